The van der Waals surface area contributed by atoms with Crippen molar-refractivity contribution >= 4 is 34.0 Å². The van der Waals surface area contributed by atoms with Crippen molar-refractivity contribution in [1.29, 1.82) is 0 Å². The van der Waals surface area contributed by atoms with Crippen molar-refractivity contribution < 1.29 is 23.4 Å². The van der Waals surface area contributed by atoms with Gasteiger partial charge in [0.25, 0.3) is 15.7 Å². The van der Waals surface area contributed by atoms with Crippen LogP contribution < -0.4 is 10.2 Å². The molecule has 2 aromatic carbocycles. The van der Waals surface area contributed by atoms with Crippen LogP contribution in [0.15, 0.2) is 53.4 Å². The van der Waals surface area contributed by atoms with E-state index in [0.717, 1.165) is 6.07 Å². The zero-order valence-electron chi connectivity index (χ0n) is 11.1. The number of nitro benzene ring substituents is 1. The Balaban J connectivity index is 2.34. The van der Waals surface area contributed by atoms with Crippen LogP contribution in [0.1, 0.15) is 0 Å². The topological polar surface area (TPSA) is 130 Å². The van der Waals surface area contributed by atoms with Crippen LogP contribution in [0, 0.1) is 10.1 Å². The highest BCUT2D eigenvalue weighted by Crippen LogP contribution is 2.20. The molecule has 2 rings (SSSR count). The Kier molecular flexibility index (Phi) is 4.45. The van der Waals surface area contributed by atoms with Crippen molar-refractivity contribution in [3.8, 4) is 0 Å². The monoisotopic (exact) mass is 322 g/mol. The third-order valence-corrected chi connectivity index (χ3v) is 4.15. The van der Waals surface area contributed by atoms with Crippen LogP contribution in [0.25, 0.3) is 0 Å². The molecule has 0 radical (unpaired) electrons. The van der Waals surface area contributed by atoms with Crippen molar-refractivity contribution in [1.82, 2.24) is 0 Å². The minimum atomic E-state index is -4.03. The summed E-state index contributed by atoms with van der Waals surface area (Å²) in [5.74, 6) is 0. The molecule has 0 heterocycles. The fourth-order valence-electron chi connectivity index (χ4n) is 1.74. The predicted molar refractivity (Wildman–Crippen MR) is 80.2 cm³/mol. The second kappa shape index (κ2) is 6.14. The van der Waals surface area contributed by atoms with Crippen LogP contribution in [-0.4, -0.2) is 30.5 Å². The first kappa shape index (κ1) is 16.0. The van der Waals surface area contributed by atoms with E-state index in [2.05, 4.69) is 4.72 Å². The first-order valence-electron chi connectivity index (χ1n) is 6.03. The predicted octanol–water partition coefficient (Wildman–Crippen LogP) is 0.0754. The Labute approximate surface area is 126 Å². The second-order valence-corrected chi connectivity index (χ2v) is 6.04. The van der Waals surface area contributed by atoms with Gasteiger partial charge in [0, 0.05) is 17.8 Å². The van der Waals surface area contributed by atoms with Gasteiger partial charge in [-0.2, -0.15) is 0 Å². The zero-order chi connectivity index (χ0) is 16.3. The third-order valence-electron chi connectivity index (χ3n) is 2.78. The lowest BCUT2D eigenvalue weighted by Gasteiger charge is -2.09. The molecule has 3 N–H and O–H groups in total. The van der Waals surface area contributed by atoms with Crippen molar-refractivity contribution in [2.45, 2.75) is 4.90 Å². The lowest BCUT2D eigenvalue weighted by Crippen LogP contribution is -2.30. The lowest BCUT2D eigenvalue weighted by atomic mass is 9.80. The molecular weight excluding hydrogens is 311 g/mol. The van der Waals surface area contributed by atoms with Crippen molar-refractivity contribution in [2.75, 3.05) is 4.72 Å². The van der Waals surface area contributed by atoms with E-state index < -0.39 is 22.1 Å². The van der Waals surface area contributed by atoms with E-state index in [-0.39, 0.29) is 21.7 Å². The highest BCUT2D eigenvalue weighted by Gasteiger charge is 2.19. The van der Waals surface area contributed by atoms with Crippen molar-refractivity contribution in [3.05, 3.63) is 58.6 Å². The molecule has 0 saturated carbocycles. The normalized spacial score (nSPS) is 11.0. The molecule has 22 heavy (non-hydrogen) atoms. The average molecular weight is 322 g/mol. The summed E-state index contributed by atoms with van der Waals surface area (Å²) in [6.45, 7) is 0. The van der Waals surface area contributed by atoms with Crippen LogP contribution in [-0.2, 0) is 10.0 Å². The standard InChI is InChI=1S/C12H11BN2O6S/c16-13(17)9-3-1-4-10(7-9)14-22(20,21)12-6-2-5-11(8-12)15(18)19/h1-8,14,16-17H. The zero-order valence-corrected chi connectivity index (χ0v) is 11.9. The maximum Gasteiger partial charge on any atom is 0.488 e. The molecule has 2 aromatic rings. The van der Waals surface area contributed by atoms with Gasteiger partial charge in [-0.3, -0.25) is 14.8 Å². The molecular formula is C12H11BN2O6S. The van der Waals surface area contributed by atoms with Gasteiger partial charge in [-0.25, -0.2) is 8.42 Å². The Hall–Kier alpha value is -2.43. The van der Waals surface area contributed by atoms with Crippen LogP contribution in [0.4, 0.5) is 11.4 Å². The molecule has 0 spiro atoms. The van der Waals surface area contributed by atoms with Crippen molar-refractivity contribution in [2.24, 2.45) is 0 Å². The summed E-state index contributed by atoms with van der Waals surface area (Å²) >= 11 is 0. The van der Waals surface area contributed by atoms with Crippen LogP contribution in [0.3, 0.4) is 0 Å². The molecule has 0 amide bonds. The summed E-state index contributed by atoms with van der Waals surface area (Å²) in [5.41, 5.74) is -0.126. The van der Waals surface area contributed by atoms with Crippen molar-refractivity contribution in [3.63, 3.8) is 0 Å². The van der Waals surface area contributed by atoms with Gasteiger partial charge in [-0.1, -0.05) is 18.2 Å². The lowest BCUT2D eigenvalue weighted by molar-refractivity contribution is -0.385. The molecule has 0 aromatic heterocycles. The third kappa shape index (κ3) is 3.61. The highest BCUT2D eigenvalue weighted by atomic mass is 32.2. The van der Waals surface area contributed by atoms with Crippen LogP contribution in [0.5, 0.6) is 0 Å². The van der Waals surface area contributed by atoms with E-state index in [4.69, 9.17) is 10.0 Å². The van der Waals surface area contributed by atoms with Gasteiger partial charge in [0.15, 0.2) is 0 Å². The first-order chi connectivity index (χ1) is 10.3. The Bertz CT molecular complexity index is 809. The van der Waals surface area contributed by atoms with Gasteiger partial charge in [0.1, 0.15) is 0 Å². The number of nitrogens with zero attached hydrogens (tertiary/aromatic N) is 1. The van der Waals surface area contributed by atoms with Crippen LogP contribution in [0.2, 0.25) is 0 Å². The number of benzene rings is 2. The Morgan fingerprint density at radius 3 is 2.41 bits per heavy atom. The van der Waals surface area contributed by atoms with E-state index >= 15 is 0 Å². The van der Waals surface area contributed by atoms with Gasteiger partial charge in [0.05, 0.1) is 9.82 Å². The Morgan fingerprint density at radius 2 is 1.77 bits per heavy atom. The number of nitrogens with one attached hydrogen (secondary N) is 1. The maximum atomic E-state index is 12.2. The molecule has 0 aliphatic rings. The smallest absolute Gasteiger partial charge is 0.423 e. The fraction of sp³-hybridized carbons (Fsp3) is 0. The summed E-state index contributed by atoms with van der Waals surface area (Å²) < 4.78 is 26.6. The molecule has 10 heteroatoms. The SMILES string of the molecule is O=[N+]([O-])c1cccc(S(=O)(=O)Nc2cccc(B(O)O)c2)c1. The molecule has 8 nitrogen and oxygen atoms in total. The number of nitro groups is 1. The first-order valence-corrected chi connectivity index (χ1v) is 7.51. The Morgan fingerprint density at radius 1 is 1.09 bits per heavy atom. The van der Waals surface area contributed by atoms with E-state index in [0.29, 0.717) is 0 Å². The van der Waals surface area contributed by atoms with Gasteiger partial charge < -0.3 is 10.0 Å². The van der Waals surface area contributed by atoms with E-state index in [1.165, 1.54) is 42.5 Å². The highest BCUT2D eigenvalue weighted by molar-refractivity contribution is 7.92. The number of anilines is 1. The molecule has 0 unspecified atom stereocenters. The molecule has 0 bridgehead atoms. The number of hydrogen-bond donors (Lipinski definition) is 3. The average Bonchev–Trinajstić information content (AvgIpc) is 2.47. The van der Waals surface area contributed by atoms with E-state index in [9.17, 15) is 18.5 Å². The number of hydrogen-bond acceptors (Lipinski definition) is 6. The fourth-order valence-corrected chi connectivity index (χ4v) is 2.83. The summed E-state index contributed by atoms with van der Waals surface area (Å²) in [4.78, 5) is 9.73. The van der Waals surface area contributed by atoms with Gasteiger partial charge in [0.2, 0.25) is 0 Å². The summed E-state index contributed by atoms with van der Waals surface area (Å²) in [7, 11) is -5.76. The molecule has 0 fully saturated rings. The summed E-state index contributed by atoms with van der Waals surface area (Å²) in [5, 5.41) is 28.8. The second-order valence-electron chi connectivity index (χ2n) is 4.36. The number of rotatable bonds is 5. The number of non-ortho nitro benzene ring substituents is 1. The minimum absolute atomic E-state index is 0.108. The number of sulfonamides is 1. The molecule has 0 saturated heterocycles. The molecule has 0 aliphatic heterocycles. The quantitative estimate of drug-likeness (QED) is 0.406. The molecule has 0 aliphatic carbocycles. The summed E-state index contributed by atoms with van der Waals surface area (Å²) in [6, 6.07) is 10.1. The van der Waals surface area contributed by atoms with E-state index in [1.807, 2.05) is 0 Å². The molecule has 114 valence electrons. The maximum absolute atomic E-state index is 12.2. The van der Waals surface area contributed by atoms with Gasteiger partial charge in [-0.05, 0) is 23.7 Å². The van der Waals surface area contributed by atoms with Gasteiger partial charge >= 0.3 is 7.12 Å². The molecule has 0 atom stereocenters. The minimum Gasteiger partial charge on any atom is -0.423 e. The van der Waals surface area contributed by atoms with Gasteiger partial charge in [-0.15, -0.1) is 0 Å². The largest absolute Gasteiger partial charge is 0.488 e. The summed E-state index contributed by atoms with van der Waals surface area (Å²) in [6.07, 6.45) is 0. The van der Waals surface area contributed by atoms with Crippen LogP contribution >= 0.6 is 0 Å². The van der Waals surface area contributed by atoms with E-state index in [1.54, 1.807) is 0 Å².